The summed E-state index contributed by atoms with van der Waals surface area (Å²) in [6, 6.07) is 2.20. The van der Waals surface area contributed by atoms with Crippen LogP contribution in [0.2, 0.25) is 0 Å². The number of esters is 2. The number of carbonyl (C=O) groups is 2. The van der Waals surface area contributed by atoms with E-state index in [0.717, 1.165) is 84.6 Å². The molecule has 12 nitrogen and oxygen atoms in total. The predicted octanol–water partition coefficient (Wildman–Crippen LogP) is 6.79. The van der Waals surface area contributed by atoms with E-state index in [-0.39, 0.29) is 47.8 Å². The quantitative estimate of drug-likeness (QED) is 0.138. The molecule has 1 unspecified atom stereocenters. The molecule has 7 rings (SSSR count). The number of carbonyl (C=O) groups excluding carboxylic acids is 2. The Morgan fingerprint density at radius 1 is 0.774 bits per heavy atom. The first kappa shape index (κ1) is 36.7. The third kappa shape index (κ3) is 8.01. The van der Waals surface area contributed by atoms with Crippen LogP contribution in [0, 0.1) is 10.8 Å². The lowest BCUT2D eigenvalue weighted by molar-refractivity contribution is -0.148. The lowest BCUT2D eigenvalue weighted by atomic mass is 9.92. The first-order chi connectivity index (χ1) is 25.2. The third-order valence-corrected chi connectivity index (χ3v) is 10.2. The van der Waals surface area contributed by atoms with Crippen LogP contribution in [0.1, 0.15) is 138 Å². The number of ether oxygens (including phenoxy) is 2. The molecule has 1 N–H and O–H groups in total. The average molecular weight is 723 g/mol. The van der Waals surface area contributed by atoms with Gasteiger partial charge in [0, 0.05) is 57.1 Å². The van der Waals surface area contributed by atoms with Crippen LogP contribution >= 0.6 is 0 Å². The Kier molecular flexibility index (Phi) is 9.93. The van der Waals surface area contributed by atoms with Crippen molar-refractivity contribution >= 4 is 35.0 Å². The van der Waals surface area contributed by atoms with Crippen molar-refractivity contribution in [1.29, 1.82) is 0 Å². The molecule has 0 saturated carbocycles. The smallest absolute Gasteiger partial charge is 0.306 e. The van der Waals surface area contributed by atoms with Crippen molar-refractivity contribution in [1.82, 2.24) is 20.2 Å². The molecule has 0 aromatic carbocycles. The number of aromatic nitrogens is 4. The number of hydrogen-bond acceptors (Lipinski definition) is 9. The van der Waals surface area contributed by atoms with E-state index in [1.165, 1.54) is 22.3 Å². The molecule has 2 aliphatic carbocycles. The van der Waals surface area contributed by atoms with Crippen molar-refractivity contribution < 1.29 is 19.1 Å². The van der Waals surface area contributed by atoms with Crippen LogP contribution in [0.3, 0.4) is 0 Å². The number of nitrogens with one attached hydrogen (secondary N) is 1. The number of hydrogen-bond donors (Lipinski definition) is 1. The van der Waals surface area contributed by atoms with Crippen LogP contribution in [0.4, 0.5) is 11.4 Å². The lowest BCUT2D eigenvalue weighted by Gasteiger charge is -2.24. The molecule has 0 radical (unpaired) electrons. The van der Waals surface area contributed by atoms with Crippen molar-refractivity contribution in [3.8, 4) is 0 Å². The molecule has 3 aromatic rings. The Bertz CT molecular complexity index is 1830. The average Bonchev–Trinajstić information content (AvgIpc) is 3.88. The second kappa shape index (κ2) is 14.3. The molecule has 2 aliphatic heterocycles. The van der Waals surface area contributed by atoms with E-state index in [1.54, 1.807) is 0 Å². The van der Waals surface area contributed by atoms with Gasteiger partial charge in [-0.2, -0.15) is 5.10 Å². The largest absolute Gasteiger partial charge is 0.459 e. The Morgan fingerprint density at radius 3 is 1.72 bits per heavy atom. The molecule has 0 spiro atoms. The SMILES string of the molecule is CCN=C1C(c2cc([C@H]3CCN(c4c(COC(=O)CC(C)(C)C)ncc5c4C5)C3=NCC)n[nH]2)CCN1c1c(COC(=O)CC(C)(C)C)ncc2c1C2. The molecule has 12 heteroatoms. The summed E-state index contributed by atoms with van der Waals surface area (Å²) in [6.45, 7) is 19.5. The van der Waals surface area contributed by atoms with E-state index >= 15 is 0 Å². The van der Waals surface area contributed by atoms with Crippen molar-refractivity contribution in [2.75, 3.05) is 36.0 Å². The number of aliphatic imine (C=N–C) groups is 2. The lowest BCUT2D eigenvalue weighted by Crippen LogP contribution is -2.29. The van der Waals surface area contributed by atoms with Crippen molar-refractivity contribution in [3.05, 3.63) is 63.5 Å². The number of rotatable bonds is 12. The van der Waals surface area contributed by atoms with Gasteiger partial charge < -0.3 is 19.3 Å². The minimum atomic E-state index is -0.213. The third-order valence-electron chi connectivity index (χ3n) is 10.2. The monoisotopic (exact) mass is 722 g/mol. The Labute approximate surface area is 312 Å². The highest BCUT2D eigenvalue weighted by Gasteiger charge is 2.41. The second-order valence-electron chi connectivity index (χ2n) is 17.2. The molecule has 0 amide bonds. The molecule has 2 saturated heterocycles. The highest BCUT2D eigenvalue weighted by Crippen LogP contribution is 2.45. The first-order valence-electron chi connectivity index (χ1n) is 19.2. The normalized spacial score (nSPS) is 20.6. The summed E-state index contributed by atoms with van der Waals surface area (Å²) in [4.78, 5) is 49.5. The minimum absolute atomic E-state index is 0.0128. The number of fused-ring (bicyclic) bond motifs is 2. The Hall–Kier alpha value is -4.61. The standard InChI is InChI=1S/C41H54N8O4/c1-9-42-38-26(11-13-48(38)36-28-15-24(28)20-44-32(36)22-52-34(50)18-40(3,4)5)30-17-31(47-46-30)27-12-14-49(39(27)43-10-2)37-29-16-25(29)21-45-33(37)23-53-35(51)19-41(6,7)8/h17,20-21,26-27H,9-16,18-19,22-23H2,1-8H3,(H,46,47)/t26-,27?/m1/s1. The number of aromatic amines is 1. The number of nitrogens with zero attached hydrogens (tertiary/aromatic N) is 7. The maximum absolute atomic E-state index is 12.6. The minimum Gasteiger partial charge on any atom is -0.459 e. The van der Waals surface area contributed by atoms with E-state index < -0.39 is 0 Å². The van der Waals surface area contributed by atoms with Gasteiger partial charge in [-0.1, -0.05) is 41.5 Å². The van der Waals surface area contributed by atoms with Gasteiger partial charge in [0.25, 0.3) is 0 Å². The zero-order valence-electron chi connectivity index (χ0n) is 32.6. The summed E-state index contributed by atoms with van der Waals surface area (Å²) in [6.07, 6.45) is 8.06. The van der Waals surface area contributed by atoms with Crippen molar-refractivity contribution in [2.45, 2.75) is 119 Å². The molecule has 2 atom stereocenters. The predicted molar refractivity (Wildman–Crippen MR) is 206 cm³/mol. The van der Waals surface area contributed by atoms with Gasteiger partial charge in [0.15, 0.2) is 0 Å². The van der Waals surface area contributed by atoms with Gasteiger partial charge in [-0.25, -0.2) is 0 Å². The number of anilines is 2. The molecule has 5 heterocycles. The summed E-state index contributed by atoms with van der Waals surface area (Å²) in [7, 11) is 0. The fourth-order valence-electron chi connectivity index (χ4n) is 7.74. The van der Waals surface area contributed by atoms with E-state index in [1.807, 2.05) is 53.9 Å². The molecule has 0 bridgehead atoms. The molecular weight excluding hydrogens is 669 g/mol. The fourth-order valence-corrected chi connectivity index (χ4v) is 7.74. The maximum atomic E-state index is 12.6. The highest BCUT2D eigenvalue weighted by molar-refractivity contribution is 6.07. The summed E-state index contributed by atoms with van der Waals surface area (Å²) >= 11 is 0. The van der Waals surface area contributed by atoms with E-state index in [2.05, 4.69) is 34.8 Å². The van der Waals surface area contributed by atoms with Crippen LogP contribution in [-0.4, -0.2) is 70.0 Å². The van der Waals surface area contributed by atoms with Gasteiger partial charge in [0.05, 0.1) is 41.7 Å². The Morgan fingerprint density at radius 2 is 1.25 bits per heavy atom. The van der Waals surface area contributed by atoms with Gasteiger partial charge >= 0.3 is 11.9 Å². The topological polar surface area (TPSA) is 138 Å². The van der Waals surface area contributed by atoms with Gasteiger partial charge in [-0.05, 0) is 65.8 Å². The highest BCUT2D eigenvalue weighted by atomic mass is 16.5. The van der Waals surface area contributed by atoms with E-state index in [0.29, 0.717) is 25.9 Å². The molecule has 4 aliphatic rings. The van der Waals surface area contributed by atoms with E-state index in [4.69, 9.17) is 34.5 Å². The molecule has 2 fully saturated rings. The van der Waals surface area contributed by atoms with Crippen LogP contribution < -0.4 is 9.80 Å². The summed E-state index contributed by atoms with van der Waals surface area (Å²) < 4.78 is 11.5. The van der Waals surface area contributed by atoms with Gasteiger partial charge in [-0.15, -0.1) is 0 Å². The van der Waals surface area contributed by atoms with Crippen LogP contribution in [0.15, 0.2) is 28.4 Å². The van der Waals surface area contributed by atoms with Crippen LogP contribution in [-0.2, 0) is 45.1 Å². The number of pyridine rings is 2. The number of amidine groups is 2. The summed E-state index contributed by atoms with van der Waals surface area (Å²) in [5.41, 5.74) is 10.4. The zero-order valence-corrected chi connectivity index (χ0v) is 32.6. The van der Waals surface area contributed by atoms with E-state index in [9.17, 15) is 9.59 Å². The maximum Gasteiger partial charge on any atom is 0.306 e. The van der Waals surface area contributed by atoms with Crippen LogP contribution in [0.5, 0.6) is 0 Å². The van der Waals surface area contributed by atoms with Gasteiger partial charge in [0.1, 0.15) is 36.3 Å². The van der Waals surface area contributed by atoms with Crippen molar-refractivity contribution in [2.24, 2.45) is 20.8 Å². The summed E-state index contributed by atoms with van der Waals surface area (Å²) in [5.74, 6) is 1.60. The van der Waals surface area contributed by atoms with Crippen LogP contribution in [0.25, 0.3) is 0 Å². The Balaban J connectivity index is 1.10. The number of H-pyrrole nitrogens is 1. The summed E-state index contributed by atoms with van der Waals surface area (Å²) in [5, 5.41) is 8.31. The molecule has 3 aromatic heterocycles. The zero-order chi connectivity index (χ0) is 37.7. The molecule has 282 valence electrons. The van der Waals surface area contributed by atoms with Gasteiger partial charge in [-0.3, -0.25) is 34.6 Å². The molecule has 53 heavy (non-hydrogen) atoms. The first-order valence-corrected chi connectivity index (χ1v) is 19.2. The second-order valence-corrected chi connectivity index (χ2v) is 17.2. The molecular formula is C41H54N8O4. The van der Waals surface area contributed by atoms with Gasteiger partial charge in [0.2, 0.25) is 0 Å². The van der Waals surface area contributed by atoms with Crippen molar-refractivity contribution in [3.63, 3.8) is 0 Å². The fraction of sp³-hybridized carbons (Fsp3) is 0.585.